The highest BCUT2D eigenvalue weighted by molar-refractivity contribution is 6.07. The first kappa shape index (κ1) is 19.4. The van der Waals surface area contributed by atoms with E-state index in [-0.39, 0.29) is 36.1 Å². The van der Waals surface area contributed by atoms with Gasteiger partial charge in [-0.1, -0.05) is 43.9 Å². The van der Waals surface area contributed by atoms with E-state index in [0.717, 1.165) is 64.5 Å². The minimum Gasteiger partial charge on any atom is -0.322 e. The van der Waals surface area contributed by atoms with Crippen LogP contribution in [0.2, 0.25) is 0 Å². The number of benzene rings is 1. The van der Waals surface area contributed by atoms with Crippen LogP contribution >= 0.6 is 0 Å². The van der Waals surface area contributed by atoms with E-state index in [1.165, 1.54) is 11.0 Å². The summed E-state index contributed by atoms with van der Waals surface area (Å²) in [6.07, 6.45) is 8.01. The molecule has 2 heterocycles. The predicted molar refractivity (Wildman–Crippen MR) is 105 cm³/mol. The van der Waals surface area contributed by atoms with Crippen molar-refractivity contribution in [3.8, 4) is 0 Å². The smallest absolute Gasteiger partial charge is 0.322 e. The monoisotopic (exact) mass is 387 g/mol. The highest BCUT2D eigenvalue weighted by Crippen LogP contribution is 2.38. The number of carbonyl (C=O) groups excluding carboxylic acids is 2. The number of halogens is 1. The largest absolute Gasteiger partial charge is 0.325 e. The molecule has 3 fully saturated rings. The number of piperidine rings is 1. The molecule has 0 aromatic heterocycles. The molecular weight excluding hydrogens is 357 g/mol. The summed E-state index contributed by atoms with van der Waals surface area (Å²) in [5.74, 6) is -0.439. The summed E-state index contributed by atoms with van der Waals surface area (Å²) >= 11 is 0. The number of nitrogens with one attached hydrogen (secondary N) is 2. The van der Waals surface area contributed by atoms with Gasteiger partial charge in [-0.15, -0.1) is 0 Å². The van der Waals surface area contributed by atoms with Gasteiger partial charge in [-0.05, 0) is 56.3 Å². The van der Waals surface area contributed by atoms with E-state index in [1.54, 1.807) is 18.2 Å². The average molecular weight is 387 g/mol. The van der Waals surface area contributed by atoms with Gasteiger partial charge in [0.1, 0.15) is 11.4 Å². The van der Waals surface area contributed by atoms with Gasteiger partial charge < -0.3 is 10.6 Å². The summed E-state index contributed by atoms with van der Waals surface area (Å²) in [6.45, 7) is 1.63. The Morgan fingerprint density at radius 2 is 1.68 bits per heavy atom. The van der Waals surface area contributed by atoms with Gasteiger partial charge in [0.25, 0.3) is 5.91 Å². The molecule has 4 rings (SSSR count). The molecule has 1 aliphatic carbocycles. The summed E-state index contributed by atoms with van der Waals surface area (Å²) in [4.78, 5) is 28.3. The lowest BCUT2D eigenvalue weighted by atomic mass is 9.74. The maximum atomic E-state index is 14.5. The maximum Gasteiger partial charge on any atom is 0.325 e. The molecule has 5 nitrogen and oxygen atoms in total. The lowest BCUT2D eigenvalue weighted by Gasteiger charge is -2.38. The summed E-state index contributed by atoms with van der Waals surface area (Å²) in [5.41, 5.74) is -0.536. The summed E-state index contributed by atoms with van der Waals surface area (Å²) in [6, 6.07) is 6.29. The van der Waals surface area contributed by atoms with Crippen molar-refractivity contribution < 1.29 is 14.0 Å². The van der Waals surface area contributed by atoms with Crippen molar-refractivity contribution in [3.05, 3.63) is 35.6 Å². The Balaban J connectivity index is 1.67. The van der Waals surface area contributed by atoms with Gasteiger partial charge in [-0.25, -0.2) is 9.18 Å². The van der Waals surface area contributed by atoms with Crippen LogP contribution in [-0.4, -0.2) is 41.5 Å². The van der Waals surface area contributed by atoms with E-state index in [4.69, 9.17) is 0 Å². The van der Waals surface area contributed by atoms with Crippen molar-refractivity contribution in [2.75, 3.05) is 13.1 Å². The van der Waals surface area contributed by atoms with Crippen LogP contribution < -0.4 is 10.6 Å². The molecule has 6 heteroatoms. The molecule has 1 aromatic rings. The van der Waals surface area contributed by atoms with Crippen LogP contribution in [0.15, 0.2) is 24.3 Å². The zero-order valence-corrected chi connectivity index (χ0v) is 16.4. The SMILES string of the molecule is O=C1N[C@](Cc2ccccc2F)(C2CCNCC2)C(=O)N1C1CCCCCC1. The molecule has 2 N–H and O–H groups in total. The first-order valence-corrected chi connectivity index (χ1v) is 10.7. The number of nitrogens with zero attached hydrogens (tertiary/aromatic N) is 1. The predicted octanol–water partition coefficient (Wildman–Crippen LogP) is 3.38. The third kappa shape index (κ3) is 3.54. The van der Waals surface area contributed by atoms with Crippen LogP contribution in [0.4, 0.5) is 9.18 Å². The first-order chi connectivity index (χ1) is 13.6. The van der Waals surface area contributed by atoms with Crippen LogP contribution in [0.5, 0.6) is 0 Å². The first-order valence-electron chi connectivity index (χ1n) is 10.7. The highest BCUT2D eigenvalue weighted by Gasteiger charge is 2.57. The lowest BCUT2D eigenvalue weighted by Crippen LogP contribution is -2.57. The second-order valence-electron chi connectivity index (χ2n) is 8.51. The Labute approximate surface area is 166 Å². The summed E-state index contributed by atoms with van der Waals surface area (Å²) < 4.78 is 14.5. The molecule has 1 saturated carbocycles. The number of urea groups is 1. The van der Waals surface area contributed by atoms with E-state index < -0.39 is 5.54 Å². The standard InChI is InChI=1S/C22H30FN3O2/c23-19-10-6-5-7-16(19)15-22(17-11-13-24-14-12-17)20(27)26(21(28)25-22)18-8-3-1-2-4-9-18/h5-7,10,17-18,24H,1-4,8-9,11-15H2,(H,25,28)/t22-/m1/s1. The van der Waals surface area contributed by atoms with Crippen molar-refractivity contribution in [3.63, 3.8) is 0 Å². The molecule has 3 amide bonds. The number of rotatable bonds is 4. The molecule has 0 unspecified atom stereocenters. The minimum atomic E-state index is -1.03. The van der Waals surface area contributed by atoms with Gasteiger partial charge in [-0.2, -0.15) is 0 Å². The fourth-order valence-electron chi connectivity index (χ4n) is 5.26. The van der Waals surface area contributed by atoms with Gasteiger partial charge >= 0.3 is 6.03 Å². The molecule has 28 heavy (non-hydrogen) atoms. The maximum absolute atomic E-state index is 14.5. The van der Waals surface area contributed by atoms with Crippen LogP contribution in [0.25, 0.3) is 0 Å². The second-order valence-corrected chi connectivity index (χ2v) is 8.51. The van der Waals surface area contributed by atoms with Crippen LogP contribution in [0, 0.1) is 11.7 Å². The van der Waals surface area contributed by atoms with Gasteiger partial charge in [0.05, 0.1) is 0 Å². The Bertz CT molecular complexity index is 726. The van der Waals surface area contributed by atoms with Gasteiger partial charge in [0.15, 0.2) is 0 Å². The Hall–Kier alpha value is -1.95. The minimum absolute atomic E-state index is 0.0144. The lowest BCUT2D eigenvalue weighted by molar-refractivity contribution is -0.135. The van der Waals surface area contributed by atoms with Gasteiger partial charge in [0, 0.05) is 12.5 Å². The molecule has 3 aliphatic rings. The zero-order valence-electron chi connectivity index (χ0n) is 16.4. The number of hydrogen-bond acceptors (Lipinski definition) is 3. The van der Waals surface area contributed by atoms with Gasteiger partial charge in [-0.3, -0.25) is 9.69 Å². The Morgan fingerprint density at radius 1 is 1.00 bits per heavy atom. The van der Waals surface area contributed by atoms with Crippen LogP contribution in [0.3, 0.4) is 0 Å². The number of carbonyl (C=O) groups is 2. The van der Waals surface area contributed by atoms with E-state index in [2.05, 4.69) is 10.6 Å². The molecular formula is C22H30FN3O2. The van der Waals surface area contributed by atoms with E-state index >= 15 is 0 Å². The van der Waals surface area contributed by atoms with Crippen molar-refractivity contribution >= 4 is 11.9 Å². The van der Waals surface area contributed by atoms with E-state index in [0.29, 0.717) is 5.56 Å². The molecule has 2 aliphatic heterocycles. The van der Waals surface area contributed by atoms with Gasteiger partial charge in [0.2, 0.25) is 0 Å². The summed E-state index contributed by atoms with van der Waals surface area (Å²) in [7, 11) is 0. The molecule has 1 atom stereocenters. The van der Waals surface area contributed by atoms with E-state index in [1.807, 2.05) is 0 Å². The molecule has 152 valence electrons. The normalized spacial score (nSPS) is 27.7. The van der Waals surface area contributed by atoms with Crippen LogP contribution in [-0.2, 0) is 11.2 Å². The molecule has 1 aromatic carbocycles. The molecule has 0 bridgehead atoms. The number of hydrogen-bond donors (Lipinski definition) is 2. The zero-order chi connectivity index (χ0) is 19.6. The Kier molecular flexibility index (Phi) is 5.67. The number of imide groups is 1. The fraction of sp³-hybridized carbons (Fsp3) is 0.636. The van der Waals surface area contributed by atoms with Crippen molar-refractivity contribution in [1.82, 2.24) is 15.5 Å². The van der Waals surface area contributed by atoms with Crippen molar-refractivity contribution in [2.24, 2.45) is 5.92 Å². The Morgan fingerprint density at radius 3 is 2.36 bits per heavy atom. The quantitative estimate of drug-likeness (QED) is 0.615. The molecule has 2 saturated heterocycles. The fourth-order valence-corrected chi connectivity index (χ4v) is 5.26. The van der Waals surface area contributed by atoms with Crippen molar-refractivity contribution in [2.45, 2.75) is 69.4 Å². The summed E-state index contributed by atoms with van der Waals surface area (Å²) in [5, 5.41) is 6.40. The third-order valence-corrected chi connectivity index (χ3v) is 6.80. The third-order valence-electron chi connectivity index (χ3n) is 6.80. The second kappa shape index (κ2) is 8.19. The number of amides is 3. The molecule has 0 radical (unpaired) electrons. The molecule has 0 spiro atoms. The highest BCUT2D eigenvalue weighted by atomic mass is 19.1. The van der Waals surface area contributed by atoms with Crippen molar-refractivity contribution in [1.29, 1.82) is 0 Å². The van der Waals surface area contributed by atoms with E-state index in [9.17, 15) is 14.0 Å². The van der Waals surface area contributed by atoms with Crippen LogP contribution in [0.1, 0.15) is 56.9 Å². The topological polar surface area (TPSA) is 61.4 Å². The average Bonchev–Trinajstić information content (AvgIpc) is 2.87.